The van der Waals surface area contributed by atoms with E-state index in [1.807, 2.05) is 68.4 Å². The van der Waals surface area contributed by atoms with Crippen LogP contribution in [0.3, 0.4) is 0 Å². The van der Waals surface area contributed by atoms with Gasteiger partial charge in [-0.2, -0.15) is 10.1 Å². The number of amides is 1. The van der Waals surface area contributed by atoms with Crippen molar-refractivity contribution < 1.29 is 9.32 Å². The van der Waals surface area contributed by atoms with Crippen LogP contribution in [0.2, 0.25) is 0 Å². The summed E-state index contributed by atoms with van der Waals surface area (Å²) in [5.41, 5.74) is 2.39. The number of nitrogens with zero attached hydrogens (tertiary/aromatic N) is 4. The van der Waals surface area contributed by atoms with Gasteiger partial charge < -0.3 is 9.84 Å². The fourth-order valence-corrected chi connectivity index (χ4v) is 3.11. The first-order chi connectivity index (χ1) is 15.1. The number of aromatic nitrogens is 5. The van der Waals surface area contributed by atoms with E-state index in [-0.39, 0.29) is 11.8 Å². The molecular weight excluding hydrogens is 392 g/mol. The third kappa shape index (κ3) is 5.03. The Hall–Kier alpha value is -3.81. The molecule has 8 heteroatoms. The van der Waals surface area contributed by atoms with Crippen LogP contribution in [0, 0.1) is 0 Å². The zero-order valence-corrected chi connectivity index (χ0v) is 17.5. The lowest BCUT2D eigenvalue weighted by Gasteiger charge is -2.09. The molecule has 2 aromatic heterocycles. The van der Waals surface area contributed by atoms with Crippen LogP contribution in [0.5, 0.6) is 0 Å². The van der Waals surface area contributed by atoms with Gasteiger partial charge in [-0.15, -0.1) is 0 Å². The van der Waals surface area contributed by atoms with Gasteiger partial charge >= 0.3 is 0 Å². The minimum absolute atomic E-state index is 0.0844. The van der Waals surface area contributed by atoms with E-state index >= 15 is 0 Å². The molecule has 4 rings (SSSR count). The number of hydrogen-bond donors (Lipinski definition) is 2. The summed E-state index contributed by atoms with van der Waals surface area (Å²) in [6, 6.07) is 17.3. The smallest absolute Gasteiger partial charge is 0.226 e. The summed E-state index contributed by atoms with van der Waals surface area (Å²) in [7, 11) is 0. The summed E-state index contributed by atoms with van der Waals surface area (Å²) in [5.74, 6) is 2.59. The Morgan fingerprint density at radius 3 is 2.61 bits per heavy atom. The first-order valence-electron chi connectivity index (χ1n) is 10.3. The van der Waals surface area contributed by atoms with E-state index in [9.17, 15) is 4.79 Å². The summed E-state index contributed by atoms with van der Waals surface area (Å²) >= 11 is 0. The quantitative estimate of drug-likeness (QED) is 0.434. The monoisotopic (exact) mass is 416 g/mol. The molecular formula is C23H24N6O2. The Bertz CT molecular complexity index is 1150. The first-order valence-corrected chi connectivity index (χ1v) is 10.3. The Morgan fingerprint density at radius 1 is 1.06 bits per heavy atom. The average molecular weight is 416 g/mol. The van der Waals surface area contributed by atoms with Crippen LogP contribution in [-0.4, -0.2) is 31.2 Å². The van der Waals surface area contributed by atoms with Gasteiger partial charge in [0.1, 0.15) is 0 Å². The second kappa shape index (κ2) is 9.34. The van der Waals surface area contributed by atoms with Gasteiger partial charge in [0.25, 0.3) is 0 Å². The Kier molecular flexibility index (Phi) is 6.16. The minimum atomic E-state index is -0.0844. The molecule has 2 N–H and O–H groups in total. The lowest BCUT2D eigenvalue weighted by atomic mass is 10.1. The second-order valence-corrected chi connectivity index (χ2v) is 7.52. The molecule has 0 saturated heterocycles. The van der Waals surface area contributed by atoms with E-state index in [0.29, 0.717) is 48.3 Å². The van der Waals surface area contributed by atoms with Crippen molar-refractivity contribution in [2.24, 2.45) is 0 Å². The molecule has 0 radical (unpaired) electrons. The van der Waals surface area contributed by atoms with Crippen LogP contribution in [0.1, 0.15) is 44.3 Å². The number of nitrogens with one attached hydrogen (secondary N) is 2. The van der Waals surface area contributed by atoms with E-state index < -0.39 is 0 Å². The maximum atomic E-state index is 12.5. The van der Waals surface area contributed by atoms with E-state index in [2.05, 4.69) is 30.6 Å². The average Bonchev–Trinajstić information content (AvgIpc) is 3.45. The molecule has 0 bridgehead atoms. The first kappa shape index (κ1) is 20.5. The van der Waals surface area contributed by atoms with Crippen LogP contribution < -0.4 is 5.32 Å². The number of carbonyl (C=O) groups excluding carboxylic acids is 1. The van der Waals surface area contributed by atoms with Crippen molar-refractivity contribution in [3.8, 4) is 22.8 Å². The fraction of sp³-hybridized carbons (Fsp3) is 0.261. The number of aryl methyl sites for hydroxylation is 1. The molecule has 0 aliphatic rings. The van der Waals surface area contributed by atoms with Gasteiger partial charge in [-0.05, 0) is 18.6 Å². The summed E-state index contributed by atoms with van der Waals surface area (Å²) in [6.45, 7) is 4.02. The number of benzene rings is 2. The van der Waals surface area contributed by atoms with Gasteiger partial charge in [-0.1, -0.05) is 61.5 Å². The highest BCUT2D eigenvalue weighted by atomic mass is 16.5. The van der Waals surface area contributed by atoms with E-state index in [1.165, 1.54) is 0 Å². The number of anilines is 1. The molecule has 0 aliphatic carbocycles. The third-order valence-corrected chi connectivity index (χ3v) is 4.77. The molecule has 2 aromatic carbocycles. The molecule has 0 spiro atoms. The predicted octanol–water partition coefficient (Wildman–Crippen LogP) is 4.61. The van der Waals surface area contributed by atoms with Crippen LogP contribution in [0.15, 0.2) is 59.1 Å². The number of aromatic amines is 1. The van der Waals surface area contributed by atoms with E-state index in [4.69, 9.17) is 4.52 Å². The number of para-hydroxylation sites is 1. The number of hydrogen-bond acceptors (Lipinski definition) is 6. The standard InChI is InChI=1S/C23H24N6O2/c1-15(2)21-25-20(31-29-21)14-8-13-19(30)24-18-12-7-6-11-17(18)23-26-22(27-28-23)16-9-4-3-5-10-16/h3-7,9-12,15H,8,13-14H2,1-2H3,(H,24,30)(H,26,27,28). The highest BCUT2D eigenvalue weighted by Gasteiger charge is 2.14. The maximum Gasteiger partial charge on any atom is 0.226 e. The number of carbonyl (C=O) groups is 1. The Labute approximate surface area is 180 Å². The van der Waals surface area contributed by atoms with E-state index in [0.717, 1.165) is 11.1 Å². The van der Waals surface area contributed by atoms with Crippen molar-refractivity contribution in [1.82, 2.24) is 25.3 Å². The van der Waals surface area contributed by atoms with Gasteiger partial charge in [0.15, 0.2) is 17.5 Å². The molecule has 4 aromatic rings. The lowest BCUT2D eigenvalue weighted by Crippen LogP contribution is -2.12. The summed E-state index contributed by atoms with van der Waals surface area (Å²) in [5, 5.41) is 14.2. The molecule has 158 valence electrons. The zero-order valence-electron chi connectivity index (χ0n) is 17.5. The van der Waals surface area contributed by atoms with Gasteiger partial charge in [0.2, 0.25) is 11.8 Å². The summed E-state index contributed by atoms with van der Waals surface area (Å²) < 4.78 is 5.23. The second-order valence-electron chi connectivity index (χ2n) is 7.52. The van der Waals surface area contributed by atoms with Crippen LogP contribution in [0.25, 0.3) is 22.8 Å². The van der Waals surface area contributed by atoms with Gasteiger partial charge in [0.05, 0.1) is 5.69 Å². The molecule has 1 amide bonds. The van der Waals surface area contributed by atoms with Crippen molar-refractivity contribution in [3.05, 3.63) is 66.3 Å². The van der Waals surface area contributed by atoms with Crippen molar-refractivity contribution in [3.63, 3.8) is 0 Å². The van der Waals surface area contributed by atoms with Crippen molar-refractivity contribution in [2.75, 3.05) is 5.32 Å². The molecule has 0 fully saturated rings. The highest BCUT2D eigenvalue weighted by Crippen LogP contribution is 2.27. The topological polar surface area (TPSA) is 110 Å². The molecule has 31 heavy (non-hydrogen) atoms. The summed E-state index contributed by atoms with van der Waals surface area (Å²) in [6.07, 6.45) is 1.53. The van der Waals surface area contributed by atoms with Crippen LogP contribution >= 0.6 is 0 Å². The SMILES string of the molecule is CC(C)c1noc(CCCC(=O)Nc2ccccc2-c2nc(-c3ccccc3)n[nH]2)n1. The maximum absolute atomic E-state index is 12.5. The van der Waals surface area contributed by atoms with Crippen molar-refractivity contribution in [1.29, 1.82) is 0 Å². The molecule has 0 unspecified atom stereocenters. The molecule has 8 nitrogen and oxygen atoms in total. The highest BCUT2D eigenvalue weighted by molar-refractivity contribution is 5.94. The molecule has 0 saturated carbocycles. The molecule has 0 atom stereocenters. The lowest BCUT2D eigenvalue weighted by molar-refractivity contribution is -0.116. The minimum Gasteiger partial charge on any atom is -0.339 e. The Balaban J connectivity index is 1.39. The van der Waals surface area contributed by atoms with Crippen molar-refractivity contribution in [2.45, 2.75) is 39.0 Å². The molecule has 2 heterocycles. The van der Waals surface area contributed by atoms with E-state index in [1.54, 1.807) is 0 Å². The van der Waals surface area contributed by atoms with Crippen molar-refractivity contribution >= 4 is 11.6 Å². The fourth-order valence-electron chi connectivity index (χ4n) is 3.11. The largest absolute Gasteiger partial charge is 0.339 e. The van der Waals surface area contributed by atoms with Crippen LogP contribution in [0.4, 0.5) is 5.69 Å². The predicted molar refractivity (Wildman–Crippen MR) is 117 cm³/mol. The Morgan fingerprint density at radius 2 is 1.84 bits per heavy atom. The number of rotatable bonds is 8. The number of H-pyrrole nitrogens is 1. The van der Waals surface area contributed by atoms with Gasteiger partial charge in [-0.25, -0.2) is 4.98 Å². The third-order valence-electron chi connectivity index (χ3n) is 4.77. The van der Waals surface area contributed by atoms with Crippen LogP contribution in [-0.2, 0) is 11.2 Å². The normalized spacial score (nSPS) is 11.1. The summed E-state index contributed by atoms with van der Waals surface area (Å²) in [4.78, 5) is 21.4. The molecule has 0 aliphatic heterocycles. The van der Waals surface area contributed by atoms with Gasteiger partial charge in [0, 0.05) is 29.9 Å². The zero-order chi connectivity index (χ0) is 21.6. The van der Waals surface area contributed by atoms with Gasteiger partial charge in [-0.3, -0.25) is 9.89 Å².